The topological polar surface area (TPSA) is 12.0 Å². The summed E-state index contributed by atoms with van der Waals surface area (Å²) in [5.41, 5.74) is 3.95. The Labute approximate surface area is 112 Å². The van der Waals surface area contributed by atoms with E-state index in [2.05, 4.69) is 5.32 Å². The maximum atomic E-state index is 14.0. The van der Waals surface area contributed by atoms with E-state index in [-0.39, 0.29) is 11.6 Å². The second kappa shape index (κ2) is 5.49. The number of halogens is 2. The van der Waals surface area contributed by atoms with Crippen LogP contribution in [0.1, 0.15) is 16.7 Å². The Hall–Kier alpha value is -1.74. The van der Waals surface area contributed by atoms with Crippen LogP contribution in [0.5, 0.6) is 0 Å². The highest BCUT2D eigenvalue weighted by atomic mass is 19.1. The molecule has 0 unspecified atom stereocenters. The number of hydrogen-bond donors (Lipinski definition) is 1. The second-order valence-electron chi connectivity index (χ2n) is 4.75. The fourth-order valence-corrected chi connectivity index (χ4v) is 2.40. The van der Waals surface area contributed by atoms with Gasteiger partial charge in [-0.2, -0.15) is 0 Å². The van der Waals surface area contributed by atoms with Gasteiger partial charge in [-0.15, -0.1) is 0 Å². The summed E-state index contributed by atoms with van der Waals surface area (Å²) >= 11 is 0. The summed E-state index contributed by atoms with van der Waals surface area (Å²) in [6.45, 7) is 4.17. The first-order chi connectivity index (χ1) is 9.02. The van der Waals surface area contributed by atoms with E-state index >= 15 is 0 Å². The maximum absolute atomic E-state index is 14.0. The van der Waals surface area contributed by atoms with Gasteiger partial charge >= 0.3 is 0 Å². The lowest BCUT2D eigenvalue weighted by atomic mass is 9.94. The van der Waals surface area contributed by atoms with Gasteiger partial charge in [-0.1, -0.05) is 12.1 Å². The first-order valence-electron chi connectivity index (χ1n) is 6.23. The van der Waals surface area contributed by atoms with Crippen LogP contribution in [0.3, 0.4) is 0 Å². The Morgan fingerprint density at radius 3 is 2.16 bits per heavy atom. The Bertz CT molecular complexity index is 583. The lowest BCUT2D eigenvalue weighted by Gasteiger charge is -2.12. The smallest absolute Gasteiger partial charge is 0.128 e. The van der Waals surface area contributed by atoms with Gasteiger partial charge < -0.3 is 5.32 Å². The molecule has 3 heteroatoms. The highest BCUT2D eigenvalue weighted by Crippen LogP contribution is 2.29. The predicted molar refractivity (Wildman–Crippen MR) is 74.0 cm³/mol. The van der Waals surface area contributed by atoms with Gasteiger partial charge in [-0.05, 0) is 61.3 Å². The quantitative estimate of drug-likeness (QED) is 0.881. The van der Waals surface area contributed by atoms with Gasteiger partial charge in [0.05, 0.1) is 0 Å². The van der Waals surface area contributed by atoms with E-state index in [1.165, 1.54) is 18.2 Å². The molecule has 0 aromatic heterocycles. The van der Waals surface area contributed by atoms with E-state index in [0.29, 0.717) is 12.1 Å². The van der Waals surface area contributed by atoms with Crippen molar-refractivity contribution in [2.45, 2.75) is 20.4 Å². The van der Waals surface area contributed by atoms with E-state index in [4.69, 9.17) is 0 Å². The molecule has 19 heavy (non-hydrogen) atoms. The molecule has 100 valence electrons. The van der Waals surface area contributed by atoms with Crippen molar-refractivity contribution in [3.8, 4) is 11.1 Å². The molecule has 0 radical (unpaired) electrons. The van der Waals surface area contributed by atoms with Crippen molar-refractivity contribution >= 4 is 0 Å². The molecule has 0 aliphatic rings. The summed E-state index contributed by atoms with van der Waals surface area (Å²) in [5, 5.41) is 2.92. The molecule has 0 bridgehead atoms. The van der Waals surface area contributed by atoms with E-state index in [9.17, 15) is 8.78 Å². The Kier molecular flexibility index (Phi) is 3.96. The molecule has 0 aliphatic carbocycles. The number of benzene rings is 2. The van der Waals surface area contributed by atoms with Crippen molar-refractivity contribution in [3.63, 3.8) is 0 Å². The van der Waals surface area contributed by atoms with Crippen LogP contribution < -0.4 is 5.32 Å². The van der Waals surface area contributed by atoms with Gasteiger partial charge in [-0.25, -0.2) is 8.78 Å². The van der Waals surface area contributed by atoms with Gasteiger partial charge in [0, 0.05) is 12.1 Å². The standard InChI is InChI=1S/C16H17F2N/c1-10-6-14(17)7-11(2)16(10)12-4-5-13(9-19-3)15(18)8-12/h4-8,19H,9H2,1-3H3. The van der Waals surface area contributed by atoms with Crippen molar-refractivity contribution in [2.24, 2.45) is 0 Å². The van der Waals surface area contributed by atoms with Gasteiger partial charge in [0.25, 0.3) is 0 Å². The monoisotopic (exact) mass is 261 g/mol. The molecule has 1 nitrogen and oxygen atoms in total. The first kappa shape index (κ1) is 13.7. The molecule has 2 aromatic rings. The van der Waals surface area contributed by atoms with E-state index < -0.39 is 0 Å². The Morgan fingerprint density at radius 1 is 1.00 bits per heavy atom. The molecule has 1 N–H and O–H groups in total. The van der Waals surface area contributed by atoms with Crippen LogP contribution in [0, 0.1) is 25.5 Å². The Morgan fingerprint density at radius 2 is 1.63 bits per heavy atom. The molecule has 0 atom stereocenters. The fraction of sp³-hybridized carbons (Fsp3) is 0.250. The van der Waals surface area contributed by atoms with Crippen LogP contribution >= 0.6 is 0 Å². The van der Waals surface area contributed by atoms with Crippen molar-refractivity contribution in [2.75, 3.05) is 7.05 Å². The number of nitrogens with one attached hydrogen (secondary N) is 1. The van der Waals surface area contributed by atoms with Crippen molar-refractivity contribution in [3.05, 3.63) is 58.7 Å². The lowest BCUT2D eigenvalue weighted by Crippen LogP contribution is -2.07. The average molecular weight is 261 g/mol. The average Bonchev–Trinajstić information content (AvgIpc) is 2.31. The molecular weight excluding hydrogens is 244 g/mol. The van der Waals surface area contributed by atoms with Crippen LogP contribution in [0.2, 0.25) is 0 Å². The number of hydrogen-bond acceptors (Lipinski definition) is 1. The van der Waals surface area contributed by atoms with Gasteiger partial charge in [0.1, 0.15) is 11.6 Å². The van der Waals surface area contributed by atoms with Crippen LogP contribution in [0.4, 0.5) is 8.78 Å². The molecule has 2 aromatic carbocycles. The highest BCUT2D eigenvalue weighted by Gasteiger charge is 2.10. The third kappa shape index (κ3) is 2.82. The summed E-state index contributed by atoms with van der Waals surface area (Å²) < 4.78 is 27.2. The molecule has 0 heterocycles. The third-order valence-electron chi connectivity index (χ3n) is 3.21. The SMILES string of the molecule is CNCc1ccc(-c2c(C)cc(F)cc2C)cc1F. The van der Waals surface area contributed by atoms with Crippen molar-refractivity contribution in [1.82, 2.24) is 5.32 Å². The van der Waals surface area contributed by atoms with Crippen LogP contribution in [-0.4, -0.2) is 7.05 Å². The molecule has 2 rings (SSSR count). The summed E-state index contributed by atoms with van der Waals surface area (Å²) in [7, 11) is 1.78. The molecule has 0 saturated heterocycles. The van der Waals surface area contributed by atoms with E-state index in [0.717, 1.165) is 22.3 Å². The van der Waals surface area contributed by atoms with Gasteiger partial charge in [-0.3, -0.25) is 0 Å². The van der Waals surface area contributed by atoms with Crippen LogP contribution in [0.25, 0.3) is 11.1 Å². The van der Waals surface area contributed by atoms with Crippen LogP contribution in [-0.2, 0) is 6.54 Å². The first-order valence-corrected chi connectivity index (χ1v) is 6.23. The molecule has 0 fully saturated rings. The number of aryl methyl sites for hydroxylation is 2. The predicted octanol–water partition coefficient (Wildman–Crippen LogP) is 3.97. The summed E-state index contributed by atoms with van der Waals surface area (Å²) in [6, 6.07) is 8.11. The normalized spacial score (nSPS) is 10.8. The van der Waals surface area contributed by atoms with E-state index in [1.807, 2.05) is 19.9 Å². The Balaban J connectivity index is 2.51. The maximum Gasteiger partial charge on any atom is 0.128 e. The molecule has 0 aliphatic heterocycles. The van der Waals surface area contributed by atoms with E-state index in [1.54, 1.807) is 13.1 Å². The zero-order valence-electron chi connectivity index (χ0n) is 11.3. The third-order valence-corrected chi connectivity index (χ3v) is 3.21. The van der Waals surface area contributed by atoms with Gasteiger partial charge in [0.15, 0.2) is 0 Å². The largest absolute Gasteiger partial charge is 0.316 e. The lowest BCUT2D eigenvalue weighted by molar-refractivity contribution is 0.601. The summed E-state index contributed by atoms with van der Waals surface area (Å²) in [4.78, 5) is 0. The van der Waals surface area contributed by atoms with Gasteiger partial charge in [0.2, 0.25) is 0 Å². The summed E-state index contributed by atoms with van der Waals surface area (Å²) in [5.74, 6) is -0.499. The summed E-state index contributed by atoms with van der Waals surface area (Å²) in [6.07, 6.45) is 0. The molecule has 0 spiro atoms. The van der Waals surface area contributed by atoms with Crippen LogP contribution in [0.15, 0.2) is 30.3 Å². The van der Waals surface area contributed by atoms with Crippen molar-refractivity contribution in [1.29, 1.82) is 0 Å². The van der Waals surface area contributed by atoms with Crippen molar-refractivity contribution < 1.29 is 8.78 Å². The second-order valence-corrected chi connectivity index (χ2v) is 4.75. The zero-order valence-corrected chi connectivity index (χ0v) is 11.3. The fourth-order valence-electron chi connectivity index (χ4n) is 2.40. The molecular formula is C16H17F2N. The highest BCUT2D eigenvalue weighted by molar-refractivity contribution is 5.71. The minimum absolute atomic E-state index is 0.241. The minimum atomic E-state index is -0.258. The zero-order chi connectivity index (χ0) is 14.0. The molecule has 0 amide bonds. The number of rotatable bonds is 3. The minimum Gasteiger partial charge on any atom is -0.316 e. The molecule has 0 saturated carbocycles.